The third-order valence-electron chi connectivity index (χ3n) is 4.75. The van der Waals surface area contributed by atoms with Crippen molar-refractivity contribution in [2.24, 2.45) is 10.3 Å². The van der Waals surface area contributed by atoms with Crippen LogP contribution in [0, 0.1) is 23.1 Å². The monoisotopic (exact) mass is 473 g/mol. The van der Waals surface area contributed by atoms with Crippen molar-refractivity contribution in [3.63, 3.8) is 0 Å². The van der Waals surface area contributed by atoms with Gasteiger partial charge in [-0.1, -0.05) is 4.40 Å². The number of hydrogen-bond donors (Lipinski definition) is 0. The van der Waals surface area contributed by atoms with Crippen LogP contribution < -0.4 is 0 Å². The van der Waals surface area contributed by atoms with Crippen molar-refractivity contribution in [1.82, 2.24) is 4.57 Å². The van der Waals surface area contributed by atoms with Crippen molar-refractivity contribution in [1.29, 1.82) is 5.26 Å². The molecule has 28 heavy (non-hydrogen) atoms. The maximum absolute atomic E-state index is 14.2. The molecule has 0 amide bonds. The third kappa shape index (κ3) is 3.95. The lowest BCUT2D eigenvalue weighted by molar-refractivity contribution is 0.226. The van der Waals surface area contributed by atoms with Crippen molar-refractivity contribution in [3.05, 3.63) is 34.2 Å². The van der Waals surface area contributed by atoms with Gasteiger partial charge < -0.3 is 9.12 Å². The summed E-state index contributed by atoms with van der Waals surface area (Å²) in [6.07, 6.45) is -0.252. The highest BCUT2D eigenvalue weighted by atomic mass is 79.9. The molecule has 9 heteroatoms. The Morgan fingerprint density at radius 2 is 2.04 bits per heavy atom. The largest absolute Gasteiger partial charge is 0.591 e. The molecule has 1 fully saturated rings. The second kappa shape index (κ2) is 7.73. The van der Waals surface area contributed by atoms with Crippen LogP contribution in [0.4, 0.5) is 13.2 Å². The number of alkyl halides is 2. The van der Waals surface area contributed by atoms with Gasteiger partial charge in [-0.05, 0) is 61.7 Å². The summed E-state index contributed by atoms with van der Waals surface area (Å²) in [6.45, 7) is 4.93. The maximum atomic E-state index is 14.2. The number of hydrogen-bond acceptors (Lipinski definition) is 3. The van der Waals surface area contributed by atoms with Crippen LogP contribution in [-0.2, 0) is 11.4 Å². The van der Waals surface area contributed by atoms with Crippen LogP contribution in [0.1, 0.15) is 45.2 Å². The molecule has 0 spiro atoms. The van der Waals surface area contributed by atoms with Gasteiger partial charge in [0.05, 0.1) is 22.0 Å². The molecule has 3 rings (SSSR count). The summed E-state index contributed by atoms with van der Waals surface area (Å²) in [5.41, 5.74) is 0.0175. The number of halogens is 4. The number of nitriles is 1. The molecule has 1 aromatic carbocycles. The van der Waals surface area contributed by atoms with Crippen molar-refractivity contribution >= 4 is 43.9 Å². The van der Waals surface area contributed by atoms with Gasteiger partial charge in [-0.2, -0.15) is 5.26 Å². The summed E-state index contributed by atoms with van der Waals surface area (Å²) in [4.78, 5) is 0. The Bertz CT molecular complexity index is 971. The van der Waals surface area contributed by atoms with Gasteiger partial charge in [0, 0.05) is 23.2 Å². The maximum Gasteiger partial charge on any atom is 0.285 e. The first-order valence-electron chi connectivity index (χ1n) is 8.71. The molecule has 0 saturated heterocycles. The molecule has 1 heterocycles. The predicted octanol–water partition coefficient (Wildman–Crippen LogP) is 5.53. The number of aromatic nitrogens is 1. The minimum Gasteiger partial charge on any atom is -0.591 e. The highest BCUT2D eigenvalue weighted by Crippen LogP contribution is 2.41. The molecule has 1 aromatic heterocycles. The van der Waals surface area contributed by atoms with E-state index in [0.717, 1.165) is 0 Å². The predicted molar refractivity (Wildman–Crippen MR) is 107 cm³/mol. The van der Waals surface area contributed by atoms with E-state index in [9.17, 15) is 17.7 Å². The van der Waals surface area contributed by atoms with Crippen LogP contribution >= 0.6 is 15.9 Å². The standard InChI is InChI=1S/C19H19BrF3N3OS/c1-19(2,3)28(27)25-17(18(22)23)13-9-26(11-4-10(5-11)8-24)16-7-14(20)15(21)6-12(13)16/h6-7,9-11,18H,4-5H2,1-3H3/t10?,11?,28-/m0/s1. The first-order valence-corrected chi connectivity index (χ1v) is 10.6. The van der Waals surface area contributed by atoms with E-state index in [-0.39, 0.29) is 27.4 Å². The molecule has 0 N–H and O–H groups in total. The Hall–Kier alpha value is -1.50. The van der Waals surface area contributed by atoms with Crippen LogP contribution in [-0.4, -0.2) is 26.0 Å². The second-order valence-electron chi connectivity index (χ2n) is 7.82. The average Bonchev–Trinajstić information content (AvgIpc) is 2.89. The highest BCUT2D eigenvalue weighted by Gasteiger charge is 2.35. The van der Waals surface area contributed by atoms with Gasteiger partial charge in [-0.15, -0.1) is 0 Å². The van der Waals surface area contributed by atoms with E-state index in [4.69, 9.17) is 5.26 Å². The van der Waals surface area contributed by atoms with Crippen molar-refractivity contribution in [2.45, 2.75) is 50.8 Å². The fourth-order valence-electron chi connectivity index (χ4n) is 3.10. The summed E-state index contributed by atoms with van der Waals surface area (Å²) in [7, 11) is 0. The zero-order valence-electron chi connectivity index (χ0n) is 15.5. The fraction of sp³-hybridized carbons (Fsp3) is 0.474. The van der Waals surface area contributed by atoms with Gasteiger partial charge in [0.15, 0.2) is 5.71 Å². The lowest BCUT2D eigenvalue weighted by Gasteiger charge is -2.32. The number of fused-ring (bicyclic) bond motifs is 1. The zero-order valence-corrected chi connectivity index (χ0v) is 18.0. The molecule has 0 aliphatic heterocycles. The summed E-state index contributed by atoms with van der Waals surface area (Å²) >= 11 is 1.25. The van der Waals surface area contributed by atoms with E-state index >= 15 is 0 Å². The molecule has 1 aliphatic carbocycles. The average molecular weight is 474 g/mol. The Kier molecular flexibility index (Phi) is 5.86. The molecule has 1 saturated carbocycles. The first kappa shape index (κ1) is 21.2. The van der Waals surface area contributed by atoms with Crippen LogP contribution in [0.2, 0.25) is 0 Å². The summed E-state index contributed by atoms with van der Waals surface area (Å²) < 4.78 is 59.2. The quantitative estimate of drug-likeness (QED) is 0.432. The van der Waals surface area contributed by atoms with Crippen LogP contribution in [0.5, 0.6) is 0 Å². The molecule has 1 aliphatic rings. The van der Waals surface area contributed by atoms with E-state index in [0.29, 0.717) is 18.4 Å². The van der Waals surface area contributed by atoms with E-state index in [2.05, 4.69) is 26.4 Å². The number of rotatable bonds is 4. The first-order chi connectivity index (χ1) is 13.0. The summed E-state index contributed by atoms with van der Waals surface area (Å²) in [5.74, 6) is -0.660. The topological polar surface area (TPSA) is 64.1 Å². The Balaban J connectivity index is 2.18. The van der Waals surface area contributed by atoms with Crippen LogP contribution in [0.15, 0.2) is 27.2 Å². The fourth-order valence-corrected chi connectivity index (χ4v) is 4.07. The Morgan fingerprint density at radius 3 is 2.57 bits per heavy atom. The van der Waals surface area contributed by atoms with Crippen molar-refractivity contribution in [2.75, 3.05) is 0 Å². The van der Waals surface area contributed by atoms with Gasteiger partial charge in [-0.25, -0.2) is 13.2 Å². The minimum absolute atomic E-state index is 0.0368. The molecule has 0 unspecified atom stereocenters. The normalized spacial score (nSPS) is 21.6. The van der Waals surface area contributed by atoms with Crippen LogP contribution in [0.25, 0.3) is 10.9 Å². The van der Waals surface area contributed by atoms with Gasteiger partial charge >= 0.3 is 0 Å². The smallest absolute Gasteiger partial charge is 0.285 e. The Labute approximate surface area is 172 Å². The molecule has 0 radical (unpaired) electrons. The van der Waals surface area contributed by atoms with Crippen molar-refractivity contribution in [3.8, 4) is 6.07 Å². The molecule has 1 atom stereocenters. The van der Waals surface area contributed by atoms with Gasteiger partial charge in [0.25, 0.3) is 6.43 Å². The van der Waals surface area contributed by atoms with Gasteiger partial charge in [0.1, 0.15) is 21.9 Å². The van der Waals surface area contributed by atoms with E-state index in [1.807, 2.05) is 0 Å². The molecule has 4 nitrogen and oxygen atoms in total. The van der Waals surface area contributed by atoms with E-state index < -0.39 is 34.1 Å². The molecular weight excluding hydrogens is 455 g/mol. The van der Waals surface area contributed by atoms with Gasteiger partial charge in [-0.3, -0.25) is 0 Å². The SMILES string of the molecule is CC(C)(C)[S@+]([O-])N=C(c1cn(C2CC(C#N)C2)c2cc(Br)c(F)cc12)C(F)F. The summed E-state index contributed by atoms with van der Waals surface area (Å²) in [5, 5.41) is 9.30. The minimum atomic E-state index is -2.97. The highest BCUT2D eigenvalue weighted by molar-refractivity contribution is 9.10. The van der Waals surface area contributed by atoms with Crippen LogP contribution in [0.3, 0.4) is 0 Å². The Morgan fingerprint density at radius 1 is 1.39 bits per heavy atom. The summed E-state index contributed by atoms with van der Waals surface area (Å²) in [6, 6.07) is 4.88. The van der Waals surface area contributed by atoms with E-state index in [1.165, 1.54) is 18.3 Å². The van der Waals surface area contributed by atoms with Gasteiger partial charge in [0.2, 0.25) is 0 Å². The second-order valence-corrected chi connectivity index (χ2v) is 10.6. The number of nitrogens with zero attached hydrogens (tertiary/aromatic N) is 3. The number of benzene rings is 1. The molecular formula is C19H19BrF3N3OS. The molecule has 2 aromatic rings. The third-order valence-corrected chi connectivity index (χ3v) is 6.77. The van der Waals surface area contributed by atoms with E-state index in [1.54, 1.807) is 25.3 Å². The lowest BCUT2D eigenvalue weighted by Crippen LogP contribution is -2.28. The van der Waals surface area contributed by atoms with Crippen molar-refractivity contribution < 1.29 is 17.7 Å². The lowest BCUT2D eigenvalue weighted by atomic mass is 9.81. The zero-order chi connectivity index (χ0) is 20.8. The molecule has 150 valence electrons. The molecule has 0 bridgehead atoms.